The van der Waals surface area contributed by atoms with Gasteiger partial charge in [0, 0.05) is 34.2 Å². The number of nitrogens with zero attached hydrogens (tertiary/aromatic N) is 4. The summed E-state index contributed by atoms with van der Waals surface area (Å²) in [6.45, 7) is 5.19. The van der Waals surface area contributed by atoms with Crippen molar-refractivity contribution in [3.63, 3.8) is 0 Å². The molecule has 3 heterocycles. The molecule has 1 saturated heterocycles. The van der Waals surface area contributed by atoms with Gasteiger partial charge in [-0.2, -0.15) is 0 Å². The molecule has 0 spiro atoms. The lowest BCUT2D eigenvalue weighted by Gasteiger charge is -2.30. The molecule has 30 heavy (non-hydrogen) atoms. The molecule has 0 unspecified atom stereocenters. The van der Waals surface area contributed by atoms with Crippen LogP contribution in [-0.4, -0.2) is 37.3 Å². The summed E-state index contributed by atoms with van der Waals surface area (Å²) in [4.78, 5) is 5.81. The van der Waals surface area contributed by atoms with E-state index in [1.165, 1.54) is 12.8 Å². The van der Waals surface area contributed by atoms with Crippen LogP contribution in [0.5, 0.6) is 0 Å². The second-order valence-electron chi connectivity index (χ2n) is 8.13. The molecule has 154 valence electrons. The molecule has 0 amide bonds. The summed E-state index contributed by atoms with van der Waals surface area (Å²) in [6, 6.07) is 16.0. The fourth-order valence-corrected chi connectivity index (χ4v) is 4.77. The van der Waals surface area contributed by atoms with Gasteiger partial charge < -0.3 is 4.98 Å². The Bertz CT molecular complexity index is 1240. The van der Waals surface area contributed by atoms with Crippen LogP contribution in [0, 0.1) is 10.7 Å². The molecule has 1 fully saturated rings. The van der Waals surface area contributed by atoms with Gasteiger partial charge in [-0.05, 0) is 67.9 Å². The molecule has 2 aromatic heterocycles. The third-order valence-electron chi connectivity index (χ3n) is 5.83. The van der Waals surface area contributed by atoms with Crippen LogP contribution >= 0.6 is 23.8 Å². The summed E-state index contributed by atoms with van der Waals surface area (Å²) in [5.74, 6) is 1.55. The lowest BCUT2D eigenvalue weighted by Crippen LogP contribution is -2.36. The number of aromatic nitrogens is 4. The minimum absolute atomic E-state index is 0.691. The Morgan fingerprint density at radius 2 is 1.97 bits per heavy atom. The Morgan fingerprint density at radius 3 is 2.77 bits per heavy atom. The Labute approximate surface area is 185 Å². The van der Waals surface area contributed by atoms with E-state index in [1.54, 1.807) is 0 Å². The highest BCUT2D eigenvalue weighted by Crippen LogP contribution is 2.30. The number of H-pyrrole nitrogens is 1. The summed E-state index contributed by atoms with van der Waals surface area (Å²) in [5.41, 5.74) is 3.08. The largest absolute Gasteiger partial charge is 0.360 e. The van der Waals surface area contributed by atoms with Gasteiger partial charge in [-0.15, -0.1) is 5.10 Å². The van der Waals surface area contributed by atoms with Crippen molar-refractivity contribution >= 4 is 34.7 Å². The van der Waals surface area contributed by atoms with E-state index in [4.69, 9.17) is 28.9 Å². The lowest BCUT2D eigenvalue weighted by atomic mass is 10.0. The minimum atomic E-state index is 0.691. The summed E-state index contributed by atoms with van der Waals surface area (Å²) in [5, 5.41) is 6.83. The number of hydrogen-bond acceptors (Lipinski definition) is 3. The molecule has 1 aliphatic rings. The minimum Gasteiger partial charge on any atom is -0.360 e. The van der Waals surface area contributed by atoms with E-state index < -0.39 is 0 Å². The maximum Gasteiger partial charge on any atom is 0.204 e. The number of fused-ring (bicyclic) bond motifs is 1. The number of benzene rings is 2. The maximum atomic E-state index is 6.14. The number of para-hydroxylation sites is 1. The standard InChI is InChI=1S/C23H24ClN5S/c1-16-5-4-12-27(14-16)15-28-23(30)29(18-10-8-17(24)9-11-18)22(26-28)20-13-25-21-7-3-2-6-19(20)21/h2-3,6-11,13,16,25H,4-5,12,14-15H2,1H3/t16-/m1/s1. The van der Waals surface area contributed by atoms with Gasteiger partial charge in [0.15, 0.2) is 5.82 Å². The van der Waals surface area contributed by atoms with Gasteiger partial charge in [-0.25, -0.2) is 4.68 Å². The van der Waals surface area contributed by atoms with Crippen molar-refractivity contribution in [2.24, 2.45) is 5.92 Å². The molecular weight excluding hydrogens is 414 g/mol. The first-order valence-corrected chi connectivity index (χ1v) is 11.1. The number of aromatic amines is 1. The summed E-state index contributed by atoms with van der Waals surface area (Å²) in [7, 11) is 0. The average molecular weight is 438 g/mol. The third-order valence-corrected chi connectivity index (χ3v) is 6.47. The normalized spacial score (nSPS) is 17.6. The van der Waals surface area contributed by atoms with Crippen LogP contribution in [0.15, 0.2) is 54.7 Å². The van der Waals surface area contributed by atoms with Crippen LogP contribution < -0.4 is 0 Å². The second kappa shape index (κ2) is 8.02. The molecule has 4 aromatic rings. The van der Waals surface area contributed by atoms with E-state index >= 15 is 0 Å². The highest BCUT2D eigenvalue weighted by atomic mass is 35.5. The van der Waals surface area contributed by atoms with Crippen molar-refractivity contribution in [1.82, 2.24) is 24.2 Å². The molecule has 2 aromatic carbocycles. The van der Waals surface area contributed by atoms with E-state index in [1.807, 2.05) is 47.3 Å². The van der Waals surface area contributed by atoms with E-state index in [-0.39, 0.29) is 0 Å². The SMILES string of the molecule is C[C@@H]1CCCN(Cn2nc(-c3c[nH]c4ccccc34)n(-c3ccc(Cl)cc3)c2=S)C1. The van der Waals surface area contributed by atoms with Crippen LogP contribution in [0.4, 0.5) is 0 Å². The van der Waals surface area contributed by atoms with Crippen LogP contribution in [-0.2, 0) is 6.67 Å². The monoisotopic (exact) mass is 437 g/mol. The zero-order chi connectivity index (χ0) is 20.7. The fourth-order valence-electron chi connectivity index (χ4n) is 4.36. The quantitative estimate of drug-likeness (QED) is 0.404. The van der Waals surface area contributed by atoms with Gasteiger partial charge in [0.25, 0.3) is 0 Å². The van der Waals surface area contributed by atoms with Gasteiger partial charge in [0.05, 0.1) is 12.4 Å². The molecule has 0 radical (unpaired) electrons. The first-order chi connectivity index (χ1) is 14.6. The van der Waals surface area contributed by atoms with Crippen molar-refractivity contribution in [3.05, 3.63) is 64.5 Å². The molecular formula is C23H24ClN5S. The Morgan fingerprint density at radius 1 is 1.17 bits per heavy atom. The van der Waals surface area contributed by atoms with E-state index in [9.17, 15) is 0 Å². The Kier molecular flexibility index (Phi) is 5.23. The second-order valence-corrected chi connectivity index (χ2v) is 8.93. The number of hydrogen-bond donors (Lipinski definition) is 1. The van der Waals surface area contributed by atoms with Gasteiger partial charge >= 0.3 is 0 Å². The fraction of sp³-hybridized carbons (Fsp3) is 0.304. The van der Waals surface area contributed by atoms with Crippen molar-refractivity contribution in [2.45, 2.75) is 26.4 Å². The zero-order valence-electron chi connectivity index (χ0n) is 16.9. The molecule has 0 bridgehead atoms. The molecule has 1 atom stereocenters. The maximum absolute atomic E-state index is 6.14. The predicted molar refractivity (Wildman–Crippen MR) is 125 cm³/mol. The van der Waals surface area contributed by atoms with E-state index in [0.29, 0.717) is 22.4 Å². The van der Waals surface area contributed by atoms with Crippen LogP contribution in [0.25, 0.3) is 28.0 Å². The van der Waals surface area contributed by atoms with Crippen molar-refractivity contribution < 1.29 is 0 Å². The molecule has 5 nitrogen and oxygen atoms in total. The van der Waals surface area contributed by atoms with Crippen molar-refractivity contribution in [2.75, 3.05) is 13.1 Å². The molecule has 1 N–H and O–H groups in total. The predicted octanol–water partition coefficient (Wildman–Crippen LogP) is 5.89. The number of rotatable bonds is 4. The third kappa shape index (κ3) is 3.60. The highest BCUT2D eigenvalue weighted by Gasteiger charge is 2.21. The number of halogens is 1. The van der Waals surface area contributed by atoms with Crippen LogP contribution in [0.1, 0.15) is 19.8 Å². The summed E-state index contributed by atoms with van der Waals surface area (Å²) in [6.07, 6.45) is 4.53. The molecule has 0 saturated carbocycles. The van der Waals surface area contributed by atoms with Gasteiger partial charge in [-0.1, -0.05) is 36.7 Å². The number of piperidine rings is 1. The smallest absolute Gasteiger partial charge is 0.204 e. The van der Waals surface area contributed by atoms with Crippen molar-refractivity contribution in [1.29, 1.82) is 0 Å². The van der Waals surface area contributed by atoms with E-state index in [2.05, 4.69) is 33.5 Å². The first kappa shape index (κ1) is 19.5. The van der Waals surface area contributed by atoms with Gasteiger partial charge in [-0.3, -0.25) is 9.47 Å². The number of nitrogens with one attached hydrogen (secondary N) is 1. The zero-order valence-corrected chi connectivity index (χ0v) is 18.5. The average Bonchev–Trinajstić information content (AvgIpc) is 3.30. The Balaban J connectivity index is 1.64. The molecule has 7 heteroatoms. The van der Waals surface area contributed by atoms with Gasteiger partial charge in [0.1, 0.15) is 0 Å². The van der Waals surface area contributed by atoms with Gasteiger partial charge in [0.2, 0.25) is 4.77 Å². The number of likely N-dealkylation sites (tertiary alicyclic amines) is 1. The molecule has 0 aliphatic carbocycles. The topological polar surface area (TPSA) is 41.8 Å². The summed E-state index contributed by atoms with van der Waals surface area (Å²) < 4.78 is 4.70. The first-order valence-electron chi connectivity index (χ1n) is 10.3. The molecule has 1 aliphatic heterocycles. The lowest BCUT2D eigenvalue weighted by molar-refractivity contribution is 0.138. The molecule has 5 rings (SSSR count). The van der Waals surface area contributed by atoms with E-state index in [0.717, 1.165) is 41.1 Å². The Hall–Kier alpha value is -2.41. The van der Waals surface area contributed by atoms with Crippen LogP contribution in [0.2, 0.25) is 5.02 Å². The highest BCUT2D eigenvalue weighted by molar-refractivity contribution is 7.71. The van der Waals surface area contributed by atoms with Crippen LogP contribution in [0.3, 0.4) is 0 Å². The van der Waals surface area contributed by atoms with Crippen molar-refractivity contribution in [3.8, 4) is 17.1 Å². The summed E-state index contributed by atoms with van der Waals surface area (Å²) >= 11 is 12.1.